The molecule has 25 heavy (non-hydrogen) atoms. The number of amides is 1. The maximum absolute atomic E-state index is 12.7. The summed E-state index contributed by atoms with van der Waals surface area (Å²) in [7, 11) is -3.57. The third kappa shape index (κ3) is 4.21. The predicted molar refractivity (Wildman–Crippen MR) is 98.0 cm³/mol. The van der Waals surface area contributed by atoms with E-state index in [-0.39, 0.29) is 23.3 Å². The predicted octanol–water partition coefficient (Wildman–Crippen LogP) is 3.38. The van der Waals surface area contributed by atoms with Gasteiger partial charge in [-0.3, -0.25) is 4.79 Å². The minimum Gasteiger partial charge on any atom is -0.326 e. The lowest BCUT2D eigenvalue weighted by atomic mass is 9.99. The van der Waals surface area contributed by atoms with Gasteiger partial charge in [0.25, 0.3) is 0 Å². The van der Waals surface area contributed by atoms with Gasteiger partial charge >= 0.3 is 0 Å². The fraction of sp³-hybridized carbons (Fsp3) is 0.278. The molecule has 0 spiro atoms. The van der Waals surface area contributed by atoms with E-state index in [9.17, 15) is 13.2 Å². The van der Waals surface area contributed by atoms with E-state index in [1.54, 1.807) is 54.6 Å². The average Bonchev–Trinajstić information content (AvgIpc) is 2.64. The number of nitrogens with one attached hydrogen (secondary N) is 1. The van der Waals surface area contributed by atoms with Gasteiger partial charge in [-0.25, -0.2) is 8.42 Å². The Morgan fingerprint density at radius 2 is 1.76 bits per heavy atom. The lowest BCUT2D eigenvalue weighted by Gasteiger charge is -2.31. The summed E-state index contributed by atoms with van der Waals surface area (Å²) < 4.78 is 26.9. The third-order valence-corrected chi connectivity index (χ3v) is 6.38. The molecule has 1 amide bonds. The van der Waals surface area contributed by atoms with Crippen molar-refractivity contribution < 1.29 is 13.2 Å². The van der Waals surface area contributed by atoms with Crippen LogP contribution in [0, 0.1) is 5.92 Å². The molecule has 1 aliphatic rings. The number of carbonyl (C=O) groups is 1. The number of halogens is 1. The number of piperidine rings is 1. The lowest BCUT2D eigenvalue weighted by molar-refractivity contribution is -0.120. The topological polar surface area (TPSA) is 66.5 Å². The first kappa shape index (κ1) is 17.9. The maximum Gasteiger partial charge on any atom is 0.243 e. The molecule has 2 aromatic rings. The lowest BCUT2D eigenvalue weighted by Crippen LogP contribution is -2.43. The van der Waals surface area contributed by atoms with Gasteiger partial charge < -0.3 is 5.32 Å². The molecule has 0 radical (unpaired) electrons. The van der Waals surface area contributed by atoms with Crippen molar-refractivity contribution in [3.63, 3.8) is 0 Å². The van der Waals surface area contributed by atoms with Gasteiger partial charge in [0.05, 0.1) is 10.8 Å². The minimum absolute atomic E-state index is 0.171. The number of sulfonamides is 1. The van der Waals surface area contributed by atoms with Crippen molar-refractivity contribution in [1.29, 1.82) is 0 Å². The molecule has 0 unspecified atom stereocenters. The average molecular weight is 379 g/mol. The molecule has 7 heteroatoms. The summed E-state index contributed by atoms with van der Waals surface area (Å²) in [4.78, 5) is 12.8. The smallest absolute Gasteiger partial charge is 0.243 e. The zero-order valence-electron chi connectivity index (χ0n) is 13.6. The summed E-state index contributed by atoms with van der Waals surface area (Å²) in [5.41, 5.74) is 0.650. The molecule has 1 aliphatic heterocycles. The number of nitrogens with zero attached hydrogens (tertiary/aromatic N) is 1. The van der Waals surface area contributed by atoms with Crippen molar-refractivity contribution in [2.75, 3.05) is 18.4 Å². The number of anilines is 1. The van der Waals surface area contributed by atoms with Crippen molar-refractivity contribution in [1.82, 2.24) is 4.31 Å². The highest BCUT2D eigenvalue weighted by Crippen LogP contribution is 2.25. The fourth-order valence-electron chi connectivity index (χ4n) is 2.89. The Bertz CT molecular complexity index is 838. The summed E-state index contributed by atoms with van der Waals surface area (Å²) in [6.45, 7) is 0.624. The van der Waals surface area contributed by atoms with Crippen molar-refractivity contribution >= 4 is 33.2 Å². The number of benzene rings is 2. The van der Waals surface area contributed by atoms with Crippen LogP contribution >= 0.6 is 11.6 Å². The normalized spacial score (nSPS) is 18.7. The van der Waals surface area contributed by atoms with E-state index in [0.29, 0.717) is 30.1 Å². The van der Waals surface area contributed by atoms with Gasteiger partial charge in [0.2, 0.25) is 15.9 Å². The molecule has 1 heterocycles. The Hall–Kier alpha value is -1.89. The highest BCUT2D eigenvalue weighted by atomic mass is 35.5. The second kappa shape index (κ2) is 7.56. The summed E-state index contributed by atoms with van der Waals surface area (Å²) in [5, 5.41) is 3.42. The second-order valence-electron chi connectivity index (χ2n) is 6.01. The Labute approximate surface area is 152 Å². The molecule has 3 rings (SSSR count). The molecule has 132 valence electrons. The summed E-state index contributed by atoms with van der Waals surface area (Å²) in [6, 6.07) is 15.2. The van der Waals surface area contributed by atoms with E-state index < -0.39 is 10.0 Å². The standard InChI is InChI=1S/C18H19ClN2O3S/c19-15-8-10-16(11-9-15)20-18(22)14-5-4-12-21(13-14)25(23,24)17-6-2-1-3-7-17/h1-3,6-11,14H,4-5,12-13H2,(H,20,22)/t14-/m1/s1. The van der Waals surface area contributed by atoms with Crippen LogP contribution in [0.2, 0.25) is 5.02 Å². The number of hydrogen-bond acceptors (Lipinski definition) is 3. The zero-order valence-corrected chi connectivity index (χ0v) is 15.1. The molecule has 1 atom stereocenters. The monoisotopic (exact) mass is 378 g/mol. The van der Waals surface area contributed by atoms with Crippen LogP contribution in [0.25, 0.3) is 0 Å². The first-order valence-corrected chi connectivity index (χ1v) is 9.90. The van der Waals surface area contributed by atoms with Crippen molar-refractivity contribution in [2.45, 2.75) is 17.7 Å². The van der Waals surface area contributed by atoms with Crippen LogP contribution in [-0.2, 0) is 14.8 Å². The van der Waals surface area contributed by atoms with Crippen molar-refractivity contribution in [3.8, 4) is 0 Å². The number of rotatable bonds is 4. The molecule has 0 aliphatic carbocycles. The SMILES string of the molecule is O=C(Nc1ccc(Cl)cc1)[C@@H]1CCCN(S(=O)(=O)c2ccccc2)C1. The molecule has 1 fully saturated rings. The Morgan fingerprint density at radius 3 is 2.44 bits per heavy atom. The summed E-state index contributed by atoms with van der Waals surface area (Å²) in [5.74, 6) is -0.543. The molecule has 1 N–H and O–H groups in total. The van der Waals surface area contributed by atoms with Crippen LogP contribution in [0.4, 0.5) is 5.69 Å². The van der Waals surface area contributed by atoms with Crippen LogP contribution in [0.3, 0.4) is 0 Å². The van der Waals surface area contributed by atoms with Gasteiger partial charge in [-0.05, 0) is 49.2 Å². The largest absolute Gasteiger partial charge is 0.326 e. The van der Waals surface area contributed by atoms with E-state index in [4.69, 9.17) is 11.6 Å². The first-order valence-electron chi connectivity index (χ1n) is 8.08. The van der Waals surface area contributed by atoms with E-state index in [1.807, 2.05) is 0 Å². The van der Waals surface area contributed by atoms with Gasteiger partial charge in [-0.15, -0.1) is 0 Å². The second-order valence-corrected chi connectivity index (χ2v) is 8.39. The van der Waals surface area contributed by atoms with Crippen molar-refractivity contribution in [3.05, 3.63) is 59.6 Å². The first-order chi connectivity index (χ1) is 12.0. The summed E-state index contributed by atoms with van der Waals surface area (Å²) >= 11 is 5.84. The molecule has 1 saturated heterocycles. The van der Waals surface area contributed by atoms with Gasteiger partial charge in [-0.2, -0.15) is 4.31 Å². The molecule has 2 aromatic carbocycles. The van der Waals surface area contributed by atoms with E-state index >= 15 is 0 Å². The van der Waals surface area contributed by atoms with Crippen LogP contribution in [0.5, 0.6) is 0 Å². The highest BCUT2D eigenvalue weighted by Gasteiger charge is 2.33. The maximum atomic E-state index is 12.7. The van der Waals surface area contributed by atoms with Gasteiger partial charge in [0, 0.05) is 23.8 Å². The zero-order chi connectivity index (χ0) is 17.9. The van der Waals surface area contributed by atoms with Crippen LogP contribution in [0.15, 0.2) is 59.5 Å². The number of carbonyl (C=O) groups excluding carboxylic acids is 1. The quantitative estimate of drug-likeness (QED) is 0.886. The Kier molecular flexibility index (Phi) is 5.42. The van der Waals surface area contributed by atoms with Gasteiger partial charge in [0.15, 0.2) is 0 Å². The van der Waals surface area contributed by atoms with Crippen LogP contribution in [-0.4, -0.2) is 31.7 Å². The highest BCUT2D eigenvalue weighted by molar-refractivity contribution is 7.89. The van der Waals surface area contributed by atoms with E-state index in [0.717, 1.165) is 0 Å². The minimum atomic E-state index is -3.57. The fourth-order valence-corrected chi connectivity index (χ4v) is 4.56. The summed E-state index contributed by atoms with van der Waals surface area (Å²) in [6.07, 6.45) is 1.32. The Balaban J connectivity index is 1.70. The third-order valence-electron chi connectivity index (χ3n) is 4.25. The molecule has 0 saturated carbocycles. The molecule has 0 aromatic heterocycles. The van der Waals surface area contributed by atoms with Crippen LogP contribution in [0.1, 0.15) is 12.8 Å². The van der Waals surface area contributed by atoms with Gasteiger partial charge in [-0.1, -0.05) is 29.8 Å². The number of hydrogen-bond donors (Lipinski definition) is 1. The van der Waals surface area contributed by atoms with Gasteiger partial charge in [0.1, 0.15) is 0 Å². The van der Waals surface area contributed by atoms with E-state index in [1.165, 1.54) is 4.31 Å². The molecule has 0 bridgehead atoms. The van der Waals surface area contributed by atoms with Crippen LogP contribution < -0.4 is 5.32 Å². The molecular weight excluding hydrogens is 360 g/mol. The molecule has 5 nitrogen and oxygen atoms in total. The van der Waals surface area contributed by atoms with Crippen molar-refractivity contribution in [2.24, 2.45) is 5.92 Å². The van der Waals surface area contributed by atoms with E-state index in [2.05, 4.69) is 5.32 Å². The molecular formula is C18H19ClN2O3S. The Morgan fingerprint density at radius 1 is 1.08 bits per heavy atom.